The van der Waals surface area contributed by atoms with Gasteiger partial charge >= 0.3 is 0 Å². The minimum absolute atomic E-state index is 0.0833. The number of hydrogen-bond acceptors (Lipinski definition) is 6. The van der Waals surface area contributed by atoms with Gasteiger partial charge in [-0.1, -0.05) is 6.58 Å². The van der Waals surface area contributed by atoms with Gasteiger partial charge in [-0.15, -0.1) is 0 Å². The number of hydrogen-bond donors (Lipinski definition) is 0. The molecule has 1 fully saturated rings. The Morgan fingerprint density at radius 1 is 1.06 bits per heavy atom. The van der Waals surface area contributed by atoms with E-state index in [9.17, 15) is 10.1 Å². The molecule has 1 saturated heterocycles. The number of pyridine rings is 2. The zero-order valence-electron chi connectivity index (χ0n) is 19.4. The van der Waals surface area contributed by atoms with Crippen LogP contribution in [0.15, 0.2) is 55.3 Å². The maximum Gasteiger partial charge on any atom is 0.249 e. The first-order valence-electron chi connectivity index (χ1n) is 11.1. The molecule has 1 aliphatic heterocycles. The van der Waals surface area contributed by atoms with Crippen LogP contribution in [-0.2, 0) is 11.8 Å². The Kier molecular flexibility index (Phi) is 5.53. The molecule has 5 rings (SSSR count). The highest BCUT2D eigenvalue weighted by atomic mass is 19.1. The lowest BCUT2D eigenvalue weighted by molar-refractivity contribution is -0.127. The summed E-state index contributed by atoms with van der Waals surface area (Å²) in [5.41, 5.74) is 4.35. The Hall–Kier alpha value is -4.52. The normalized spacial score (nSPS) is 13.8. The third-order valence-corrected chi connectivity index (χ3v) is 6.13. The van der Waals surface area contributed by atoms with Gasteiger partial charge in [0.15, 0.2) is 11.6 Å². The number of aryl methyl sites for hydroxylation is 1. The van der Waals surface area contributed by atoms with Crippen LogP contribution in [0.1, 0.15) is 12.5 Å². The fraction of sp³-hybridized carbons (Fsp3) is 0.240. The van der Waals surface area contributed by atoms with Crippen molar-refractivity contribution >= 4 is 17.2 Å². The molecule has 0 aromatic carbocycles. The summed E-state index contributed by atoms with van der Waals surface area (Å²) >= 11 is 0. The Bertz CT molecular complexity index is 1500. The topological polar surface area (TPSA) is 95.3 Å². The highest BCUT2D eigenvalue weighted by Crippen LogP contribution is 2.33. The van der Waals surface area contributed by atoms with Crippen LogP contribution in [0.4, 0.5) is 10.2 Å². The first kappa shape index (κ1) is 22.3. The molecule has 0 bridgehead atoms. The van der Waals surface area contributed by atoms with E-state index < -0.39 is 5.82 Å². The number of carbonyl (C=O) groups is 1. The van der Waals surface area contributed by atoms with E-state index in [-0.39, 0.29) is 11.7 Å². The van der Waals surface area contributed by atoms with Gasteiger partial charge in [-0.05, 0) is 19.1 Å². The highest BCUT2D eigenvalue weighted by Gasteiger charge is 2.24. The lowest BCUT2D eigenvalue weighted by Crippen LogP contribution is -2.49. The van der Waals surface area contributed by atoms with Crippen molar-refractivity contribution in [1.82, 2.24) is 29.3 Å². The third kappa shape index (κ3) is 4.01. The fourth-order valence-corrected chi connectivity index (χ4v) is 4.35. The molecule has 10 heteroatoms. The van der Waals surface area contributed by atoms with Crippen LogP contribution in [0, 0.1) is 17.1 Å². The summed E-state index contributed by atoms with van der Waals surface area (Å²) < 4.78 is 18.7. The quantitative estimate of drug-likeness (QED) is 0.426. The number of nitriles is 1. The molecule has 0 unspecified atom stereocenters. The molecule has 4 aromatic heterocycles. The zero-order chi connectivity index (χ0) is 24.7. The summed E-state index contributed by atoms with van der Waals surface area (Å²) in [6.45, 7) is 7.30. The average molecular weight is 471 g/mol. The van der Waals surface area contributed by atoms with Gasteiger partial charge in [0.05, 0.1) is 23.5 Å². The predicted octanol–water partition coefficient (Wildman–Crippen LogP) is 3.03. The smallest absolute Gasteiger partial charge is 0.249 e. The number of anilines is 1. The second-order valence-corrected chi connectivity index (χ2v) is 8.60. The summed E-state index contributed by atoms with van der Waals surface area (Å²) in [5, 5.41) is 18.2. The van der Waals surface area contributed by atoms with Crippen molar-refractivity contribution in [3.05, 3.63) is 66.6 Å². The molecule has 1 amide bonds. The molecule has 176 valence electrons. The minimum atomic E-state index is -0.467. The summed E-state index contributed by atoms with van der Waals surface area (Å²) in [6, 6.07) is 5.49. The lowest BCUT2D eigenvalue weighted by Gasteiger charge is -2.35. The number of nitrogens with zero attached hydrogens (tertiary/aromatic N) is 8. The van der Waals surface area contributed by atoms with Crippen LogP contribution in [0.2, 0.25) is 0 Å². The molecule has 1 aliphatic rings. The number of fused-ring (bicyclic) bond motifs is 1. The highest BCUT2D eigenvalue weighted by molar-refractivity contribution is 5.92. The fourth-order valence-electron chi connectivity index (χ4n) is 4.35. The van der Waals surface area contributed by atoms with E-state index in [1.807, 2.05) is 30.4 Å². The second kappa shape index (κ2) is 8.68. The number of carbonyl (C=O) groups excluding carboxylic acids is 1. The molecule has 0 radical (unpaired) electrons. The largest absolute Gasteiger partial charge is 0.351 e. The van der Waals surface area contributed by atoms with Crippen molar-refractivity contribution in [3.8, 4) is 28.3 Å². The molecular formula is C25H23FN8O. The summed E-state index contributed by atoms with van der Waals surface area (Å²) in [7, 11) is 1.83. The van der Waals surface area contributed by atoms with Gasteiger partial charge in [-0.2, -0.15) is 15.5 Å². The molecule has 5 heterocycles. The van der Waals surface area contributed by atoms with E-state index in [4.69, 9.17) is 0 Å². The maximum absolute atomic E-state index is 15.3. The molecule has 0 N–H and O–H groups in total. The Labute approximate surface area is 201 Å². The van der Waals surface area contributed by atoms with Crippen molar-refractivity contribution in [2.45, 2.75) is 6.92 Å². The molecule has 0 atom stereocenters. The first-order valence-corrected chi connectivity index (χ1v) is 11.1. The van der Waals surface area contributed by atoms with Crippen LogP contribution < -0.4 is 4.90 Å². The molecule has 9 nitrogen and oxygen atoms in total. The second-order valence-electron chi connectivity index (χ2n) is 8.60. The number of piperazine rings is 1. The van der Waals surface area contributed by atoms with E-state index >= 15 is 4.39 Å². The first-order chi connectivity index (χ1) is 16.9. The number of aromatic nitrogens is 5. The van der Waals surface area contributed by atoms with Crippen molar-refractivity contribution in [2.24, 2.45) is 7.05 Å². The summed E-state index contributed by atoms with van der Waals surface area (Å²) in [4.78, 5) is 20.2. The Morgan fingerprint density at radius 3 is 2.46 bits per heavy atom. The van der Waals surface area contributed by atoms with Crippen molar-refractivity contribution in [1.29, 1.82) is 5.26 Å². The lowest BCUT2D eigenvalue weighted by atomic mass is 10.0. The van der Waals surface area contributed by atoms with Crippen LogP contribution in [-0.4, -0.2) is 61.4 Å². The minimum Gasteiger partial charge on any atom is -0.351 e. The van der Waals surface area contributed by atoms with Crippen LogP contribution in [0.5, 0.6) is 0 Å². The van der Waals surface area contributed by atoms with E-state index in [0.29, 0.717) is 54.0 Å². The van der Waals surface area contributed by atoms with Gasteiger partial charge in [-0.3, -0.25) is 9.48 Å². The predicted molar refractivity (Wildman–Crippen MR) is 129 cm³/mol. The number of rotatable bonds is 4. The van der Waals surface area contributed by atoms with Crippen molar-refractivity contribution in [3.63, 3.8) is 0 Å². The van der Waals surface area contributed by atoms with E-state index in [1.165, 1.54) is 12.3 Å². The van der Waals surface area contributed by atoms with Gasteiger partial charge in [0.2, 0.25) is 5.91 Å². The van der Waals surface area contributed by atoms with Gasteiger partial charge in [0.25, 0.3) is 0 Å². The van der Waals surface area contributed by atoms with Crippen LogP contribution in [0.3, 0.4) is 0 Å². The Balaban J connectivity index is 1.50. The zero-order valence-corrected chi connectivity index (χ0v) is 19.4. The third-order valence-electron chi connectivity index (χ3n) is 6.13. The molecular weight excluding hydrogens is 447 g/mol. The summed E-state index contributed by atoms with van der Waals surface area (Å²) in [5.74, 6) is -0.310. The Morgan fingerprint density at radius 2 is 1.83 bits per heavy atom. The van der Waals surface area contributed by atoms with Crippen LogP contribution in [0.25, 0.3) is 27.8 Å². The standard InChI is InChI=1S/C25H23FN8O/c1-16(2)25(35)33-6-4-32(5-7-33)24-22(26)9-17(11-28-24)21-8-18(20-13-29-31(3)14-20)15-34-23(21)19(10-27)12-30-34/h8-9,11-15H,1,4-7H2,2-3H3. The SMILES string of the molecule is C=C(C)C(=O)N1CCN(c2ncc(-c3cc(-c4cnn(C)c4)cn4ncc(C#N)c34)cc2F)CC1. The van der Waals surface area contributed by atoms with E-state index in [2.05, 4.69) is 27.8 Å². The van der Waals surface area contributed by atoms with Crippen molar-refractivity contribution < 1.29 is 9.18 Å². The van der Waals surface area contributed by atoms with E-state index in [0.717, 1.165) is 11.1 Å². The molecule has 0 saturated carbocycles. The monoisotopic (exact) mass is 470 g/mol. The average Bonchev–Trinajstić information content (AvgIpc) is 3.49. The summed E-state index contributed by atoms with van der Waals surface area (Å²) in [6.07, 6.45) is 8.54. The maximum atomic E-state index is 15.3. The molecule has 0 aliphatic carbocycles. The molecule has 0 spiro atoms. The van der Waals surface area contributed by atoms with Gasteiger partial charge in [0, 0.05) is 79.6 Å². The van der Waals surface area contributed by atoms with Gasteiger partial charge in [-0.25, -0.2) is 13.9 Å². The van der Waals surface area contributed by atoms with Gasteiger partial charge < -0.3 is 9.80 Å². The molecule has 35 heavy (non-hydrogen) atoms. The number of amides is 1. The van der Waals surface area contributed by atoms with E-state index in [1.54, 1.807) is 33.4 Å². The number of halogens is 1. The van der Waals surface area contributed by atoms with Crippen molar-refractivity contribution in [2.75, 3.05) is 31.1 Å². The molecule has 4 aromatic rings. The van der Waals surface area contributed by atoms with Crippen LogP contribution >= 0.6 is 0 Å². The van der Waals surface area contributed by atoms with Gasteiger partial charge in [0.1, 0.15) is 6.07 Å².